The summed E-state index contributed by atoms with van der Waals surface area (Å²) in [7, 11) is 0. The number of fused-ring (bicyclic) bond motifs is 1. The van der Waals surface area contributed by atoms with Gasteiger partial charge in [0.2, 0.25) is 0 Å². The van der Waals surface area contributed by atoms with Crippen LogP contribution in [-0.2, 0) is 17.7 Å². The molecule has 0 saturated carbocycles. The second-order valence-electron chi connectivity index (χ2n) is 8.09. The Hall–Kier alpha value is -2.84. The van der Waals surface area contributed by atoms with Crippen molar-refractivity contribution in [1.29, 1.82) is 0 Å². The number of nitrogens with zero attached hydrogens (tertiary/aromatic N) is 5. The number of thiazole rings is 1. The lowest BCUT2D eigenvalue weighted by Crippen LogP contribution is -2.46. The third-order valence-corrected chi connectivity index (χ3v) is 6.65. The molecule has 1 amide bonds. The van der Waals surface area contributed by atoms with Gasteiger partial charge in [-0.25, -0.2) is 15.0 Å². The summed E-state index contributed by atoms with van der Waals surface area (Å²) in [6, 6.07) is 8.53. The van der Waals surface area contributed by atoms with Crippen LogP contribution in [0, 0.1) is 6.92 Å². The number of aryl methyl sites for hydroxylation is 1. The van der Waals surface area contributed by atoms with Crippen LogP contribution in [0.1, 0.15) is 33.5 Å². The molecule has 2 aromatic heterocycles. The molecule has 0 spiro atoms. The maximum atomic E-state index is 12.9. The predicted molar refractivity (Wildman–Crippen MR) is 120 cm³/mol. The van der Waals surface area contributed by atoms with Gasteiger partial charge in [-0.3, -0.25) is 4.79 Å². The Labute approximate surface area is 185 Å². The lowest BCUT2D eigenvalue weighted by Gasteiger charge is -2.38. The van der Waals surface area contributed by atoms with Gasteiger partial charge in [-0.2, -0.15) is 0 Å². The van der Waals surface area contributed by atoms with Crippen molar-refractivity contribution in [3.8, 4) is 11.4 Å². The Morgan fingerprint density at radius 3 is 2.77 bits per heavy atom. The molecule has 1 unspecified atom stereocenters. The van der Waals surface area contributed by atoms with Gasteiger partial charge in [-0.1, -0.05) is 29.8 Å². The molecule has 160 valence electrons. The summed E-state index contributed by atoms with van der Waals surface area (Å²) in [4.78, 5) is 31.3. The number of hydrogen-bond donors (Lipinski definition) is 0. The summed E-state index contributed by atoms with van der Waals surface area (Å²) in [6.07, 6.45) is 2.38. The second-order valence-corrected chi connectivity index (χ2v) is 8.99. The minimum atomic E-state index is -0.0239. The highest BCUT2D eigenvalue weighted by Crippen LogP contribution is 2.32. The minimum absolute atomic E-state index is 0.0239. The summed E-state index contributed by atoms with van der Waals surface area (Å²) in [5.74, 6) is 1.64. The zero-order valence-electron chi connectivity index (χ0n) is 17.7. The number of amides is 1. The van der Waals surface area contributed by atoms with E-state index in [1.54, 1.807) is 6.20 Å². The molecule has 0 radical (unpaired) electrons. The minimum Gasteiger partial charge on any atom is -0.377 e. The van der Waals surface area contributed by atoms with E-state index in [4.69, 9.17) is 14.7 Å². The molecule has 0 N–H and O–H groups in total. The Balaban J connectivity index is 1.56. The van der Waals surface area contributed by atoms with Gasteiger partial charge in [0.15, 0.2) is 10.8 Å². The van der Waals surface area contributed by atoms with Crippen molar-refractivity contribution >= 4 is 23.1 Å². The molecular formula is C23H25N5O2S. The number of carbonyl (C=O) groups is 1. The van der Waals surface area contributed by atoms with Gasteiger partial charge in [0.1, 0.15) is 5.82 Å². The van der Waals surface area contributed by atoms with Gasteiger partial charge in [0.05, 0.1) is 31.5 Å². The Bertz CT molecular complexity index is 1080. The zero-order chi connectivity index (χ0) is 21.4. The molecule has 8 heteroatoms. The average molecular weight is 436 g/mol. The van der Waals surface area contributed by atoms with Crippen LogP contribution in [0.15, 0.2) is 35.8 Å². The van der Waals surface area contributed by atoms with Crippen LogP contribution in [0.25, 0.3) is 11.4 Å². The molecule has 1 atom stereocenters. The van der Waals surface area contributed by atoms with Crippen LogP contribution in [0.2, 0.25) is 0 Å². The number of carbonyl (C=O) groups excluding carboxylic acids is 1. The van der Waals surface area contributed by atoms with E-state index >= 15 is 0 Å². The van der Waals surface area contributed by atoms with Gasteiger partial charge >= 0.3 is 0 Å². The first-order valence-electron chi connectivity index (χ1n) is 10.6. The summed E-state index contributed by atoms with van der Waals surface area (Å²) >= 11 is 1.38. The standard InChI is InChI=1S/C23H25N5O2S/c1-15-3-5-17(6-4-15)20-25-19-7-9-27(23(29)22-24-8-12-31-22)13-18(19)21(26-20)28-10-11-30-14-16(28)2/h3-6,8,12,16H,7,9-11,13-14H2,1-2H3. The average Bonchev–Trinajstić information content (AvgIpc) is 3.33. The van der Waals surface area contributed by atoms with Crippen molar-refractivity contribution < 1.29 is 9.53 Å². The highest BCUT2D eigenvalue weighted by atomic mass is 32.1. The van der Waals surface area contributed by atoms with E-state index < -0.39 is 0 Å². The van der Waals surface area contributed by atoms with E-state index in [0.717, 1.165) is 35.0 Å². The molecule has 2 aliphatic rings. The third-order valence-electron chi connectivity index (χ3n) is 5.89. The SMILES string of the molecule is Cc1ccc(-c2nc3c(c(N4CCOCC4C)n2)CN(C(=O)c2nccs2)CC3)cc1. The maximum absolute atomic E-state index is 12.9. The van der Waals surface area contributed by atoms with Gasteiger partial charge in [-0.15, -0.1) is 11.3 Å². The second kappa shape index (κ2) is 8.36. The Morgan fingerprint density at radius 1 is 1.19 bits per heavy atom. The summed E-state index contributed by atoms with van der Waals surface area (Å²) < 4.78 is 5.66. The molecule has 0 bridgehead atoms. The highest BCUT2D eigenvalue weighted by Gasteiger charge is 2.31. The largest absolute Gasteiger partial charge is 0.377 e. The maximum Gasteiger partial charge on any atom is 0.283 e. The van der Waals surface area contributed by atoms with Crippen molar-refractivity contribution in [3.63, 3.8) is 0 Å². The first-order chi connectivity index (χ1) is 15.1. The van der Waals surface area contributed by atoms with E-state index in [0.29, 0.717) is 37.7 Å². The van der Waals surface area contributed by atoms with E-state index in [1.807, 2.05) is 10.3 Å². The van der Waals surface area contributed by atoms with E-state index in [-0.39, 0.29) is 11.9 Å². The molecule has 7 nitrogen and oxygen atoms in total. The number of ether oxygens (including phenoxy) is 1. The molecule has 3 aromatic rings. The molecule has 2 aliphatic heterocycles. The molecule has 4 heterocycles. The Morgan fingerprint density at radius 2 is 2.03 bits per heavy atom. The molecule has 1 saturated heterocycles. The smallest absolute Gasteiger partial charge is 0.283 e. The molecule has 1 aromatic carbocycles. The van der Waals surface area contributed by atoms with Crippen molar-refractivity contribution in [3.05, 3.63) is 57.7 Å². The summed E-state index contributed by atoms with van der Waals surface area (Å²) in [5.41, 5.74) is 4.29. The molecule has 0 aliphatic carbocycles. The first kappa shape index (κ1) is 20.1. The van der Waals surface area contributed by atoms with Crippen molar-refractivity contribution in [2.45, 2.75) is 32.9 Å². The van der Waals surface area contributed by atoms with Gasteiger partial charge in [-0.05, 0) is 13.8 Å². The number of hydrogen-bond acceptors (Lipinski definition) is 7. The fraction of sp³-hybridized carbons (Fsp3) is 0.391. The van der Waals surface area contributed by atoms with Crippen LogP contribution in [0.4, 0.5) is 5.82 Å². The molecule has 1 fully saturated rings. The number of benzene rings is 1. The van der Waals surface area contributed by atoms with Gasteiger partial charge < -0.3 is 14.5 Å². The van der Waals surface area contributed by atoms with Gasteiger partial charge in [0, 0.05) is 42.2 Å². The Kier molecular flexibility index (Phi) is 5.41. The van der Waals surface area contributed by atoms with E-state index in [2.05, 4.69) is 48.0 Å². The third kappa shape index (κ3) is 3.93. The fourth-order valence-electron chi connectivity index (χ4n) is 4.15. The molecule has 31 heavy (non-hydrogen) atoms. The monoisotopic (exact) mass is 435 g/mol. The summed E-state index contributed by atoms with van der Waals surface area (Å²) in [5, 5.41) is 2.37. The lowest BCUT2D eigenvalue weighted by molar-refractivity contribution is 0.0731. The van der Waals surface area contributed by atoms with Crippen molar-refractivity contribution in [2.75, 3.05) is 31.2 Å². The van der Waals surface area contributed by atoms with Crippen LogP contribution in [0.3, 0.4) is 0 Å². The van der Waals surface area contributed by atoms with Crippen LogP contribution in [-0.4, -0.2) is 58.1 Å². The quantitative estimate of drug-likeness (QED) is 0.628. The van der Waals surface area contributed by atoms with Gasteiger partial charge in [0.25, 0.3) is 5.91 Å². The number of rotatable bonds is 3. The molecular weight excluding hydrogens is 410 g/mol. The number of aromatic nitrogens is 3. The first-order valence-corrected chi connectivity index (χ1v) is 11.5. The van der Waals surface area contributed by atoms with Crippen LogP contribution < -0.4 is 4.90 Å². The van der Waals surface area contributed by atoms with Crippen LogP contribution in [0.5, 0.6) is 0 Å². The zero-order valence-corrected chi connectivity index (χ0v) is 18.6. The fourth-order valence-corrected chi connectivity index (χ4v) is 4.75. The van der Waals surface area contributed by atoms with E-state index in [1.165, 1.54) is 16.9 Å². The highest BCUT2D eigenvalue weighted by molar-refractivity contribution is 7.11. The molecule has 5 rings (SSSR count). The normalized spacial score (nSPS) is 18.7. The predicted octanol–water partition coefficient (Wildman–Crippen LogP) is 3.33. The van der Waals surface area contributed by atoms with E-state index in [9.17, 15) is 4.79 Å². The lowest BCUT2D eigenvalue weighted by atomic mass is 10.0. The van der Waals surface area contributed by atoms with Crippen molar-refractivity contribution in [1.82, 2.24) is 19.9 Å². The topological polar surface area (TPSA) is 71.5 Å². The number of anilines is 1. The van der Waals surface area contributed by atoms with Crippen molar-refractivity contribution in [2.24, 2.45) is 0 Å². The van der Waals surface area contributed by atoms with Crippen LogP contribution >= 0.6 is 11.3 Å². The number of morpholine rings is 1. The summed E-state index contributed by atoms with van der Waals surface area (Å²) in [6.45, 7) is 7.48.